The van der Waals surface area contributed by atoms with E-state index in [-0.39, 0.29) is 122 Å². The van der Waals surface area contributed by atoms with Gasteiger partial charge in [0.15, 0.2) is 80.4 Å². The minimum absolute atomic E-state index is 0.0275. The Morgan fingerprint density at radius 2 is 0.477 bits per heavy atom. The number of carbonyl (C=O) groups excluding carboxylic acids is 4. The van der Waals surface area contributed by atoms with E-state index in [1.165, 1.54) is 24.3 Å². The topological polar surface area (TPSA) is 329 Å². The molecule has 4 atom stereocenters. The van der Waals surface area contributed by atoms with E-state index in [4.69, 9.17) is 0 Å². The molecule has 0 bridgehead atoms. The molecule has 109 heavy (non-hydrogen) atoms. The molecule has 0 amide bonds. The summed E-state index contributed by atoms with van der Waals surface area (Å²) in [5, 5.41) is 137. The van der Waals surface area contributed by atoms with Gasteiger partial charge in [-0.25, -0.2) is 0 Å². The average Bonchev–Trinajstić information content (AvgIpc) is 1.73. The van der Waals surface area contributed by atoms with Crippen LogP contribution >= 0.6 is 0 Å². The summed E-state index contributed by atoms with van der Waals surface area (Å²) < 4.78 is 0. The third-order valence-corrected chi connectivity index (χ3v) is 21.6. The van der Waals surface area contributed by atoms with E-state index in [1.54, 1.807) is 148 Å². The largest absolute Gasteiger partial charge is 0.505 e. The van der Waals surface area contributed by atoms with Gasteiger partial charge in [-0.05, 0) is 154 Å². The van der Waals surface area contributed by atoms with Crippen LogP contribution in [0.15, 0.2) is 241 Å². The van der Waals surface area contributed by atoms with Crippen LogP contribution in [-0.2, 0) is 0 Å². The van der Waals surface area contributed by atoms with Crippen molar-refractivity contribution in [2.75, 3.05) is 0 Å². The molecule has 4 aliphatic carbocycles. The lowest BCUT2D eigenvalue weighted by Crippen LogP contribution is -2.08. The van der Waals surface area contributed by atoms with Crippen molar-refractivity contribution >= 4 is 68.6 Å². The fourth-order valence-corrected chi connectivity index (χ4v) is 15.8. The van der Waals surface area contributed by atoms with Gasteiger partial charge in [-0.3, -0.25) is 19.2 Å². The van der Waals surface area contributed by atoms with Crippen LogP contribution in [0.5, 0.6) is 46.0 Å². The van der Waals surface area contributed by atoms with Crippen molar-refractivity contribution in [2.45, 2.75) is 84.0 Å². The number of ketones is 4. The van der Waals surface area contributed by atoms with E-state index < -0.39 is 69.4 Å². The number of phenols is 8. The molecule has 4 unspecified atom stereocenters. The molecule has 0 saturated carbocycles. The molecule has 0 radical (unpaired) electrons. The molecule has 12 aromatic rings. The highest BCUT2D eigenvalue weighted by molar-refractivity contribution is 6.24. The predicted octanol–water partition coefficient (Wildman–Crippen LogP) is 23.0. The molecular weight excluding hydrogens is 1370 g/mol. The van der Waals surface area contributed by atoms with E-state index in [1.807, 2.05) is 62.4 Å². The fraction of sp³-hybridized carbons (Fsp3) is 0.146. The molecule has 0 spiro atoms. The summed E-state index contributed by atoms with van der Waals surface area (Å²) in [5.41, 5.74) is 9.62. The van der Waals surface area contributed by atoms with Gasteiger partial charge >= 0.3 is 0 Å². The second kappa shape index (κ2) is 27.5. The molecule has 0 heterocycles. The van der Waals surface area contributed by atoms with Gasteiger partial charge in [-0.2, -0.15) is 20.5 Å². The van der Waals surface area contributed by atoms with Gasteiger partial charge in [0.1, 0.15) is 11.5 Å². The first-order valence-corrected chi connectivity index (χ1v) is 35.9. The molecule has 12 aromatic carbocycles. The van der Waals surface area contributed by atoms with Crippen LogP contribution < -0.4 is 0 Å². The number of rotatable bonds is 19. The maximum absolute atomic E-state index is 13.9. The van der Waals surface area contributed by atoms with Gasteiger partial charge in [0, 0.05) is 95.6 Å². The lowest BCUT2D eigenvalue weighted by Gasteiger charge is -2.27. The highest BCUT2D eigenvalue weighted by Crippen LogP contribution is 2.58. The van der Waals surface area contributed by atoms with E-state index in [9.17, 15) is 60.0 Å². The zero-order valence-corrected chi connectivity index (χ0v) is 59.5. The minimum atomic E-state index is -1.16. The van der Waals surface area contributed by atoms with Gasteiger partial charge in [0.25, 0.3) is 0 Å². The first-order valence-electron chi connectivity index (χ1n) is 35.9. The molecule has 20 heteroatoms. The molecule has 0 fully saturated rings. The standard InChI is InChI=1S/C89H68N8O12/c1-6-43(5)64-40-69(85(105)76(84(64)104)95-91-45-27-31-56-52-19-11-15-23-60(52)80(100)66(56)37-45)49(8-3)72-42-73(89(109)78(88(72)108)97-93-47-29-33-58-54-21-13-17-25-62(54)82(102)68(58)39-47)50(9-4)71-41-70(86(106)77(87(71)107)96-92-46-28-32-57-53-20-12-16-24-61(53)81(101)67(57)38-46)48(7-2)63-34-35-74(98)75(83(63)103)94-90-44-26-30-55-51-18-10-14-22-59(51)79(99)65(55)36-44/h10-43,48-50,98,103-109H,6-9H2,1-5H3. The normalized spacial score (nSPS) is 14.1. The highest BCUT2D eigenvalue weighted by atomic mass is 16.3. The Kier molecular flexibility index (Phi) is 17.6. The summed E-state index contributed by atoms with van der Waals surface area (Å²) in [4.78, 5) is 54.9. The van der Waals surface area contributed by atoms with Gasteiger partial charge < -0.3 is 40.9 Å². The molecule has 536 valence electrons. The van der Waals surface area contributed by atoms with Crippen molar-refractivity contribution in [3.63, 3.8) is 0 Å². The Bertz CT molecular complexity index is 6080. The summed E-state index contributed by atoms with van der Waals surface area (Å²) in [6.07, 6.45) is 0.806. The summed E-state index contributed by atoms with van der Waals surface area (Å²) >= 11 is 0. The lowest BCUT2D eigenvalue weighted by molar-refractivity contribution is 0.103. The number of phenolic OH excluding ortho intramolecular Hbond substituents is 8. The molecule has 0 saturated heterocycles. The quantitative estimate of drug-likeness (QED) is 0.0350. The number of carbonyl (C=O) groups is 4. The van der Waals surface area contributed by atoms with Crippen molar-refractivity contribution in [1.82, 2.24) is 0 Å². The van der Waals surface area contributed by atoms with Crippen molar-refractivity contribution in [1.29, 1.82) is 0 Å². The Morgan fingerprint density at radius 3 is 0.761 bits per heavy atom. The number of fused-ring (bicyclic) bond motifs is 12. The molecule has 4 aliphatic rings. The number of aromatic hydroxyl groups is 8. The molecule has 20 nitrogen and oxygen atoms in total. The average molecular weight is 1440 g/mol. The van der Waals surface area contributed by atoms with E-state index in [0.29, 0.717) is 67.6 Å². The Morgan fingerprint density at radius 1 is 0.239 bits per heavy atom. The molecule has 0 aromatic heterocycles. The van der Waals surface area contributed by atoms with Crippen LogP contribution in [0.1, 0.15) is 187 Å². The zero-order chi connectivity index (χ0) is 76.0. The summed E-state index contributed by atoms with van der Waals surface area (Å²) in [6, 6.07) is 56.2. The zero-order valence-electron chi connectivity index (χ0n) is 59.5. The van der Waals surface area contributed by atoms with Gasteiger partial charge in [-0.15, -0.1) is 20.5 Å². The van der Waals surface area contributed by atoms with Crippen LogP contribution in [0, 0.1) is 0 Å². The number of hydrogen-bond donors (Lipinski definition) is 8. The Labute approximate surface area is 624 Å². The highest BCUT2D eigenvalue weighted by Gasteiger charge is 2.37. The van der Waals surface area contributed by atoms with Crippen molar-refractivity contribution in [2.24, 2.45) is 40.9 Å². The maximum atomic E-state index is 13.9. The third kappa shape index (κ3) is 11.5. The molecule has 8 N–H and O–H groups in total. The van der Waals surface area contributed by atoms with Crippen LogP contribution in [-0.4, -0.2) is 64.0 Å². The summed E-state index contributed by atoms with van der Waals surface area (Å²) in [6.45, 7) is 9.18. The first-order chi connectivity index (χ1) is 52.8. The summed E-state index contributed by atoms with van der Waals surface area (Å²) in [5.74, 6) is -8.69. The lowest BCUT2D eigenvalue weighted by atomic mass is 9.79. The number of hydrogen-bond acceptors (Lipinski definition) is 20. The smallest absolute Gasteiger partial charge is 0.194 e. The Hall–Kier alpha value is -13.9. The molecule has 0 aliphatic heterocycles. The number of azo groups is 4. The van der Waals surface area contributed by atoms with Crippen LogP contribution in [0.3, 0.4) is 0 Å². The maximum Gasteiger partial charge on any atom is 0.194 e. The van der Waals surface area contributed by atoms with E-state index in [0.717, 1.165) is 33.4 Å². The second-order valence-corrected chi connectivity index (χ2v) is 27.6. The van der Waals surface area contributed by atoms with Crippen LogP contribution in [0.25, 0.3) is 44.5 Å². The van der Waals surface area contributed by atoms with E-state index in [2.05, 4.69) is 40.9 Å². The number of nitrogens with zero attached hydrogens (tertiary/aromatic N) is 8. The summed E-state index contributed by atoms with van der Waals surface area (Å²) in [7, 11) is 0. The predicted molar refractivity (Wildman–Crippen MR) is 412 cm³/mol. The molecule has 16 rings (SSSR count). The number of benzene rings is 12. The minimum Gasteiger partial charge on any atom is -0.505 e. The second-order valence-electron chi connectivity index (χ2n) is 27.6. The SMILES string of the molecule is CCC(C)c1cc(C(CC)c2cc(C(CC)c3cc(C(CC)c4ccc(O)c(N=Nc5ccc6c(c5)C(=O)c5ccccc5-6)c4O)c(O)c(N=Nc4ccc5c(c4)C(=O)c4ccccc4-5)c3O)c(O)c(N=Nc3ccc4c(c3)C(=O)c3ccccc3-4)c2O)c(O)c(N=Nc2ccc3c(c2)C(=O)c2ccccc2-3)c1O. The monoisotopic (exact) mass is 1440 g/mol. The Balaban J connectivity index is 0.856. The van der Waals surface area contributed by atoms with Crippen molar-refractivity contribution in [3.8, 4) is 90.5 Å². The van der Waals surface area contributed by atoms with Crippen LogP contribution in [0.4, 0.5) is 45.5 Å². The van der Waals surface area contributed by atoms with Crippen molar-refractivity contribution in [3.05, 3.63) is 284 Å². The third-order valence-electron chi connectivity index (χ3n) is 21.6. The molecular formula is C89H68N8O12. The van der Waals surface area contributed by atoms with Gasteiger partial charge in [-0.1, -0.05) is 162 Å². The van der Waals surface area contributed by atoms with Crippen molar-refractivity contribution < 1.29 is 60.0 Å². The van der Waals surface area contributed by atoms with Crippen LogP contribution in [0.2, 0.25) is 0 Å². The van der Waals surface area contributed by atoms with Gasteiger partial charge in [0.05, 0.1) is 22.7 Å². The van der Waals surface area contributed by atoms with Gasteiger partial charge in [0.2, 0.25) is 0 Å². The van der Waals surface area contributed by atoms with E-state index >= 15 is 0 Å². The first kappa shape index (κ1) is 69.5. The fourth-order valence-electron chi connectivity index (χ4n) is 15.8.